The van der Waals surface area contributed by atoms with Crippen molar-refractivity contribution in [1.82, 2.24) is 5.32 Å². The van der Waals surface area contributed by atoms with Gasteiger partial charge in [0.2, 0.25) is 0 Å². The lowest BCUT2D eigenvalue weighted by atomic mass is 9.97. The number of ether oxygens (including phenoxy) is 1. The number of amides is 2. The lowest BCUT2D eigenvalue weighted by Gasteiger charge is -2.33. The number of benzene rings is 2. The molecule has 1 saturated heterocycles. The van der Waals surface area contributed by atoms with Gasteiger partial charge in [0, 0.05) is 43.7 Å². The zero-order chi connectivity index (χ0) is 24.0. The number of hydrogen-bond acceptors (Lipinski definition) is 4. The summed E-state index contributed by atoms with van der Waals surface area (Å²) in [6, 6.07) is 9.07. The van der Waals surface area contributed by atoms with Gasteiger partial charge in [0.05, 0.1) is 17.7 Å². The Morgan fingerprint density at radius 3 is 2.33 bits per heavy atom. The lowest BCUT2D eigenvalue weighted by Crippen LogP contribution is -2.35. The van der Waals surface area contributed by atoms with E-state index in [4.69, 9.17) is 4.74 Å². The van der Waals surface area contributed by atoms with Crippen LogP contribution in [0.1, 0.15) is 46.0 Å². The third-order valence-corrected chi connectivity index (χ3v) is 5.69. The van der Waals surface area contributed by atoms with Crippen LogP contribution >= 0.6 is 0 Å². The molecule has 0 saturated carbocycles. The Labute approximate surface area is 191 Å². The van der Waals surface area contributed by atoms with Gasteiger partial charge in [-0.05, 0) is 61.2 Å². The third-order valence-electron chi connectivity index (χ3n) is 5.69. The Kier molecular flexibility index (Phi) is 7.97. The molecule has 6 nitrogen and oxygen atoms in total. The number of carbonyl (C=O) groups is 2. The summed E-state index contributed by atoms with van der Waals surface area (Å²) in [4.78, 5) is 27.6. The number of nitrogens with one attached hydrogen (secondary N) is 2. The van der Waals surface area contributed by atoms with Gasteiger partial charge in [-0.3, -0.25) is 9.59 Å². The van der Waals surface area contributed by atoms with Gasteiger partial charge in [0.15, 0.2) is 0 Å². The smallest absolute Gasteiger partial charge is 0.383 e. The zero-order valence-corrected chi connectivity index (χ0v) is 18.7. The highest BCUT2D eigenvalue weighted by Gasteiger charge is 2.30. The van der Waals surface area contributed by atoms with Crippen LogP contribution in [0.4, 0.5) is 24.5 Å². The Balaban J connectivity index is 1.81. The minimum Gasteiger partial charge on any atom is -0.383 e. The fraction of sp³-hybridized carbons (Fsp3) is 0.417. The number of piperidine rings is 1. The highest BCUT2D eigenvalue weighted by atomic mass is 19.4. The fourth-order valence-electron chi connectivity index (χ4n) is 3.70. The molecule has 33 heavy (non-hydrogen) atoms. The quantitative estimate of drug-likeness (QED) is 0.591. The fourth-order valence-corrected chi connectivity index (χ4v) is 3.70. The van der Waals surface area contributed by atoms with E-state index < -0.39 is 17.6 Å². The van der Waals surface area contributed by atoms with Crippen molar-refractivity contribution >= 4 is 23.2 Å². The largest absolute Gasteiger partial charge is 0.416 e. The number of carbonyl (C=O) groups excluding carboxylic acids is 2. The second-order valence-corrected chi connectivity index (χ2v) is 8.18. The molecule has 2 N–H and O–H groups in total. The molecule has 1 aliphatic heterocycles. The SMILES string of the molecule is COCCNC(=O)c1cc(NC(=O)c2ccc(C(F)(F)F)cc2)ccc1N1CCC(C)CC1. The van der Waals surface area contributed by atoms with E-state index in [-0.39, 0.29) is 11.5 Å². The van der Waals surface area contributed by atoms with Crippen LogP contribution in [-0.2, 0) is 10.9 Å². The van der Waals surface area contributed by atoms with E-state index in [0.717, 1.165) is 55.9 Å². The summed E-state index contributed by atoms with van der Waals surface area (Å²) in [5, 5.41) is 5.48. The number of anilines is 2. The maximum Gasteiger partial charge on any atom is 0.416 e. The topological polar surface area (TPSA) is 70.7 Å². The van der Waals surface area contributed by atoms with Crippen LogP contribution in [0, 0.1) is 5.92 Å². The van der Waals surface area contributed by atoms with Crippen molar-refractivity contribution in [2.24, 2.45) is 5.92 Å². The Hall–Kier alpha value is -3.07. The molecule has 2 aromatic carbocycles. The molecular weight excluding hydrogens is 435 g/mol. The van der Waals surface area contributed by atoms with Crippen LogP contribution in [0.3, 0.4) is 0 Å². The van der Waals surface area contributed by atoms with E-state index in [1.807, 2.05) is 0 Å². The van der Waals surface area contributed by atoms with Crippen LogP contribution in [0.2, 0.25) is 0 Å². The Morgan fingerprint density at radius 1 is 1.06 bits per heavy atom. The van der Waals surface area contributed by atoms with Crippen molar-refractivity contribution in [3.8, 4) is 0 Å². The van der Waals surface area contributed by atoms with E-state index >= 15 is 0 Å². The van der Waals surface area contributed by atoms with Crippen molar-refractivity contribution in [2.75, 3.05) is 43.6 Å². The summed E-state index contributed by atoms with van der Waals surface area (Å²) in [6.45, 7) is 4.57. The van der Waals surface area contributed by atoms with Crippen molar-refractivity contribution < 1.29 is 27.5 Å². The van der Waals surface area contributed by atoms with Gasteiger partial charge < -0.3 is 20.3 Å². The van der Waals surface area contributed by atoms with Crippen molar-refractivity contribution in [3.05, 3.63) is 59.2 Å². The molecule has 2 aromatic rings. The molecular formula is C24H28F3N3O3. The number of alkyl halides is 3. The maximum absolute atomic E-state index is 12.9. The molecule has 0 aliphatic carbocycles. The molecule has 0 spiro atoms. The minimum absolute atomic E-state index is 0.0863. The summed E-state index contributed by atoms with van der Waals surface area (Å²) >= 11 is 0. The van der Waals surface area contributed by atoms with Gasteiger partial charge >= 0.3 is 6.18 Å². The second-order valence-electron chi connectivity index (χ2n) is 8.18. The summed E-state index contributed by atoms with van der Waals surface area (Å²) in [5.74, 6) is -0.220. The molecule has 3 rings (SSSR count). The second kappa shape index (κ2) is 10.7. The summed E-state index contributed by atoms with van der Waals surface area (Å²) in [5.41, 5.74) is 0.846. The normalized spacial score (nSPS) is 14.8. The molecule has 1 aliphatic rings. The van der Waals surface area contributed by atoms with Crippen LogP contribution in [-0.4, -0.2) is 45.2 Å². The van der Waals surface area contributed by atoms with Gasteiger partial charge in [-0.2, -0.15) is 13.2 Å². The molecule has 178 valence electrons. The molecule has 0 radical (unpaired) electrons. The zero-order valence-electron chi connectivity index (χ0n) is 18.7. The van der Waals surface area contributed by atoms with Crippen LogP contribution in [0.25, 0.3) is 0 Å². The van der Waals surface area contributed by atoms with Crippen molar-refractivity contribution in [2.45, 2.75) is 25.9 Å². The number of methoxy groups -OCH3 is 1. The molecule has 1 heterocycles. The van der Waals surface area contributed by atoms with Gasteiger partial charge in [-0.1, -0.05) is 6.92 Å². The van der Waals surface area contributed by atoms with Crippen LogP contribution < -0.4 is 15.5 Å². The monoisotopic (exact) mass is 463 g/mol. The van der Waals surface area contributed by atoms with Gasteiger partial charge in [-0.25, -0.2) is 0 Å². The predicted octanol–water partition coefficient (Wildman–Crippen LogP) is 4.57. The molecule has 0 aromatic heterocycles. The maximum atomic E-state index is 12.9. The molecule has 2 amide bonds. The first kappa shape index (κ1) is 24.6. The van der Waals surface area contributed by atoms with Gasteiger partial charge in [0.1, 0.15) is 0 Å². The van der Waals surface area contributed by atoms with E-state index in [1.54, 1.807) is 25.3 Å². The highest BCUT2D eigenvalue weighted by Crippen LogP contribution is 2.30. The summed E-state index contributed by atoms with van der Waals surface area (Å²) < 4.78 is 43.3. The highest BCUT2D eigenvalue weighted by molar-refractivity contribution is 6.06. The van der Waals surface area contributed by atoms with Gasteiger partial charge in [0.25, 0.3) is 11.8 Å². The first-order valence-corrected chi connectivity index (χ1v) is 10.8. The molecule has 0 unspecified atom stereocenters. The minimum atomic E-state index is -4.47. The average Bonchev–Trinajstić information content (AvgIpc) is 2.79. The van der Waals surface area contributed by atoms with Gasteiger partial charge in [-0.15, -0.1) is 0 Å². The number of rotatable bonds is 7. The van der Waals surface area contributed by atoms with E-state index in [2.05, 4.69) is 22.5 Å². The predicted molar refractivity (Wildman–Crippen MR) is 121 cm³/mol. The first-order valence-electron chi connectivity index (χ1n) is 10.8. The molecule has 1 fully saturated rings. The van der Waals surface area contributed by atoms with Crippen LogP contribution in [0.15, 0.2) is 42.5 Å². The number of halogens is 3. The van der Waals surface area contributed by atoms with E-state index in [9.17, 15) is 22.8 Å². The van der Waals surface area contributed by atoms with Crippen molar-refractivity contribution in [1.29, 1.82) is 0 Å². The summed E-state index contributed by atoms with van der Waals surface area (Å²) in [7, 11) is 1.55. The van der Waals surface area contributed by atoms with E-state index in [1.165, 1.54) is 0 Å². The summed E-state index contributed by atoms with van der Waals surface area (Å²) in [6.07, 6.45) is -2.42. The molecule has 0 bridgehead atoms. The number of nitrogens with zero attached hydrogens (tertiary/aromatic N) is 1. The van der Waals surface area contributed by atoms with E-state index in [0.29, 0.717) is 30.3 Å². The van der Waals surface area contributed by atoms with Crippen molar-refractivity contribution in [3.63, 3.8) is 0 Å². The Bertz CT molecular complexity index is 969. The Morgan fingerprint density at radius 2 is 1.73 bits per heavy atom. The molecule has 0 atom stereocenters. The standard InChI is InChI=1S/C24H28F3N3O3/c1-16-9-12-30(13-10-16)21-8-7-19(15-20(21)23(32)28-11-14-33-2)29-22(31)17-3-5-18(6-4-17)24(25,26)27/h3-8,15-16H,9-14H2,1-2H3,(H,28,32)(H,29,31). The number of hydrogen-bond donors (Lipinski definition) is 2. The molecule has 9 heteroatoms. The third kappa shape index (κ3) is 6.47. The lowest BCUT2D eigenvalue weighted by molar-refractivity contribution is -0.137. The average molecular weight is 464 g/mol. The first-order chi connectivity index (χ1) is 15.7. The van der Waals surface area contributed by atoms with Crippen LogP contribution in [0.5, 0.6) is 0 Å².